The predicted octanol–water partition coefficient (Wildman–Crippen LogP) is 4.44. The Bertz CT molecular complexity index is 1100. The first-order chi connectivity index (χ1) is 13.6. The van der Waals surface area contributed by atoms with E-state index in [2.05, 4.69) is 18.5 Å². The number of rotatable bonds is 4. The quantitative estimate of drug-likeness (QED) is 0.370. The smallest absolute Gasteiger partial charge is 0.171 e. The first-order valence-electron chi connectivity index (χ1n) is 8.39. The van der Waals surface area contributed by atoms with Crippen LogP contribution in [0, 0.1) is 11.6 Å². The lowest BCUT2D eigenvalue weighted by molar-refractivity contribution is 0.281. The van der Waals surface area contributed by atoms with Gasteiger partial charge < -0.3 is 31.9 Å². The molecule has 3 rings (SSSR count). The van der Waals surface area contributed by atoms with Crippen molar-refractivity contribution >= 4 is 45.6 Å². The van der Waals surface area contributed by atoms with Gasteiger partial charge in [0.1, 0.15) is 11.6 Å². The van der Waals surface area contributed by atoms with Crippen molar-refractivity contribution in [2.45, 2.75) is 6.61 Å². The molecule has 1 aliphatic rings. The minimum Gasteiger partial charge on any atom is -0.508 e. The van der Waals surface area contributed by atoms with Crippen LogP contribution in [0.2, 0.25) is 5.02 Å². The maximum atomic E-state index is 14.8. The molecule has 0 unspecified atom stereocenters. The number of nitrogens with zero attached hydrogens (tertiary/aromatic N) is 1. The molecule has 0 amide bonds. The zero-order chi connectivity index (χ0) is 21.6. The monoisotopic (exact) mass is 420 g/mol. The number of hydrogen-bond acceptors (Lipinski definition) is 6. The lowest BCUT2D eigenvalue weighted by atomic mass is 9.90. The summed E-state index contributed by atoms with van der Waals surface area (Å²) in [5.41, 5.74) is 12.4. The molecule has 2 aromatic carbocycles. The van der Waals surface area contributed by atoms with Gasteiger partial charge in [0.2, 0.25) is 0 Å². The third kappa shape index (κ3) is 3.06. The molecule has 1 aliphatic heterocycles. The van der Waals surface area contributed by atoms with Crippen LogP contribution in [0.5, 0.6) is 0 Å². The molecular formula is C20H19ClF2N4O2. The number of nitrogens with one attached hydrogen (secondary N) is 1. The van der Waals surface area contributed by atoms with Gasteiger partial charge in [-0.2, -0.15) is 0 Å². The molecule has 0 bridgehead atoms. The number of nitrogens with two attached hydrogens (primary N) is 2. The number of aliphatic hydroxyl groups excluding tert-OH is 2. The number of hydrogen-bond donors (Lipinski definition) is 5. The van der Waals surface area contributed by atoms with Gasteiger partial charge in [-0.25, -0.2) is 8.78 Å². The Morgan fingerprint density at radius 3 is 2.52 bits per heavy atom. The van der Waals surface area contributed by atoms with Crippen LogP contribution in [0.25, 0.3) is 5.57 Å². The van der Waals surface area contributed by atoms with Crippen molar-refractivity contribution < 1.29 is 19.0 Å². The predicted molar refractivity (Wildman–Crippen MR) is 113 cm³/mol. The minimum absolute atomic E-state index is 0.0269. The number of anilines is 5. The van der Waals surface area contributed by atoms with Crippen molar-refractivity contribution in [3.05, 3.63) is 70.6 Å². The third-order valence-electron chi connectivity index (χ3n) is 4.70. The highest BCUT2D eigenvalue weighted by molar-refractivity contribution is 6.37. The van der Waals surface area contributed by atoms with Crippen molar-refractivity contribution in [1.29, 1.82) is 0 Å². The fourth-order valence-corrected chi connectivity index (χ4v) is 3.63. The summed E-state index contributed by atoms with van der Waals surface area (Å²) in [6.45, 7) is 6.86. The van der Waals surface area contributed by atoms with E-state index in [0.29, 0.717) is 0 Å². The molecule has 0 aliphatic carbocycles. The molecule has 0 fully saturated rings. The van der Waals surface area contributed by atoms with Gasteiger partial charge in [0.25, 0.3) is 0 Å². The van der Waals surface area contributed by atoms with Crippen molar-refractivity contribution in [2.24, 2.45) is 0 Å². The average molecular weight is 421 g/mol. The van der Waals surface area contributed by atoms with E-state index in [0.717, 1.165) is 6.07 Å². The summed E-state index contributed by atoms with van der Waals surface area (Å²) in [6.07, 6.45) is 1.43. The highest BCUT2D eigenvalue weighted by atomic mass is 35.5. The Morgan fingerprint density at radius 2 is 1.97 bits per heavy atom. The van der Waals surface area contributed by atoms with Gasteiger partial charge in [0, 0.05) is 29.9 Å². The number of halogens is 3. The molecule has 7 N–H and O–H groups in total. The molecule has 6 nitrogen and oxygen atoms in total. The number of allylic oxidation sites excluding steroid dienone is 1. The lowest BCUT2D eigenvalue weighted by Gasteiger charge is -2.34. The van der Waals surface area contributed by atoms with E-state index in [1.807, 2.05) is 0 Å². The van der Waals surface area contributed by atoms with Gasteiger partial charge in [0.15, 0.2) is 5.82 Å². The number of fused-ring (bicyclic) bond motifs is 1. The molecule has 152 valence electrons. The van der Waals surface area contributed by atoms with E-state index in [4.69, 9.17) is 23.1 Å². The highest BCUT2D eigenvalue weighted by Gasteiger charge is 2.33. The van der Waals surface area contributed by atoms with Crippen molar-refractivity contribution in [2.75, 3.05) is 28.7 Å². The van der Waals surface area contributed by atoms with E-state index in [1.165, 1.54) is 24.2 Å². The maximum absolute atomic E-state index is 14.8. The molecule has 0 radical (unpaired) electrons. The van der Waals surface area contributed by atoms with Crippen LogP contribution in [0.15, 0.2) is 42.8 Å². The Morgan fingerprint density at radius 1 is 1.31 bits per heavy atom. The summed E-state index contributed by atoms with van der Waals surface area (Å²) in [5, 5.41) is 22.4. The topological polar surface area (TPSA) is 108 Å². The molecule has 0 atom stereocenters. The lowest BCUT2D eigenvalue weighted by Crippen LogP contribution is -2.22. The Balaban J connectivity index is 2.46. The van der Waals surface area contributed by atoms with Crippen molar-refractivity contribution in [3.8, 4) is 0 Å². The molecule has 0 saturated heterocycles. The molecule has 0 aromatic heterocycles. The first-order valence-corrected chi connectivity index (χ1v) is 8.77. The summed E-state index contributed by atoms with van der Waals surface area (Å²) in [5.74, 6) is -1.85. The second kappa shape index (κ2) is 7.31. The second-order valence-electron chi connectivity index (χ2n) is 6.39. The van der Waals surface area contributed by atoms with E-state index in [1.54, 1.807) is 0 Å². The molecule has 0 spiro atoms. The van der Waals surface area contributed by atoms with E-state index < -0.39 is 18.2 Å². The van der Waals surface area contributed by atoms with Gasteiger partial charge >= 0.3 is 0 Å². The molecule has 0 saturated carbocycles. The fourth-order valence-electron chi connectivity index (χ4n) is 3.26. The van der Waals surface area contributed by atoms with Crippen molar-refractivity contribution in [1.82, 2.24) is 0 Å². The fraction of sp³-hybridized carbons (Fsp3) is 0.100. The van der Waals surface area contributed by atoms with E-state index >= 15 is 0 Å². The van der Waals surface area contributed by atoms with Gasteiger partial charge in [-0.3, -0.25) is 0 Å². The molecular weight excluding hydrogens is 402 g/mol. The molecule has 1 heterocycles. The van der Waals surface area contributed by atoms with Crippen molar-refractivity contribution in [3.63, 3.8) is 0 Å². The van der Waals surface area contributed by atoms with Crippen LogP contribution in [0.3, 0.4) is 0 Å². The van der Waals surface area contributed by atoms with Crippen LogP contribution in [-0.2, 0) is 6.61 Å². The largest absolute Gasteiger partial charge is 0.508 e. The van der Waals surface area contributed by atoms with Crippen LogP contribution in [-0.4, -0.2) is 17.3 Å². The zero-order valence-corrected chi connectivity index (χ0v) is 16.2. The third-order valence-corrected chi connectivity index (χ3v) is 5.07. The Kier molecular flexibility index (Phi) is 5.16. The van der Waals surface area contributed by atoms with E-state index in [-0.39, 0.29) is 61.5 Å². The highest BCUT2D eigenvalue weighted by Crippen LogP contribution is 2.52. The maximum Gasteiger partial charge on any atom is 0.171 e. The van der Waals surface area contributed by atoms with Crippen LogP contribution in [0.1, 0.15) is 11.1 Å². The number of nitrogen functional groups attached to an aromatic ring is 2. The zero-order valence-electron chi connectivity index (χ0n) is 15.5. The van der Waals surface area contributed by atoms with Gasteiger partial charge in [-0.05, 0) is 17.7 Å². The Hall–Kier alpha value is -3.23. The van der Waals surface area contributed by atoms with Gasteiger partial charge in [0.05, 0.1) is 40.1 Å². The summed E-state index contributed by atoms with van der Waals surface area (Å²) >= 11 is 6.49. The molecule has 9 heteroatoms. The summed E-state index contributed by atoms with van der Waals surface area (Å²) in [4.78, 5) is 1.43. The SMILES string of the molecule is C=C(O)C1=CN(c2cc(N)c(F)cc2CO)c2c(Cl)c(NC)c(F)c(N)c2C1=C. The van der Waals surface area contributed by atoms with Gasteiger partial charge in [-0.1, -0.05) is 24.8 Å². The van der Waals surface area contributed by atoms with Crippen LogP contribution < -0.4 is 21.7 Å². The first kappa shape index (κ1) is 20.5. The van der Waals surface area contributed by atoms with Gasteiger partial charge in [-0.15, -0.1) is 0 Å². The minimum atomic E-state index is -0.789. The van der Waals surface area contributed by atoms with E-state index in [9.17, 15) is 19.0 Å². The summed E-state index contributed by atoms with van der Waals surface area (Å²) in [7, 11) is 1.48. The normalized spacial score (nSPS) is 13.2. The Labute approximate surface area is 171 Å². The summed E-state index contributed by atoms with van der Waals surface area (Å²) in [6, 6.07) is 2.37. The number of benzene rings is 2. The standard InChI is InChI=1S/C20H19ClF2N4O2/c1-8-11(9(2)29)6-27(14-5-13(24)12(22)4-10(14)7-28)20-15(8)18(25)17(23)19(26-3)16(20)21/h4-6,26,28-29H,1-2,7,24-25H2,3H3. The molecule has 29 heavy (non-hydrogen) atoms. The number of aliphatic hydroxyl groups is 2. The molecule has 2 aromatic rings. The second-order valence-corrected chi connectivity index (χ2v) is 6.77. The summed E-state index contributed by atoms with van der Waals surface area (Å²) < 4.78 is 28.7. The van der Waals surface area contributed by atoms with Crippen LogP contribution >= 0.6 is 11.6 Å². The van der Waals surface area contributed by atoms with Crippen LogP contribution in [0.4, 0.5) is 37.2 Å². The average Bonchev–Trinajstić information content (AvgIpc) is 2.68.